The zero-order chi connectivity index (χ0) is 15.4. The molecule has 0 unspecified atom stereocenters. The number of anilines is 1. The molecule has 0 atom stereocenters. The maximum Gasteiger partial charge on any atom is 0.293 e. The highest BCUT2D eigenvalue weighted by molar-refractivity contribution is 5.36. The fourth-order valence-corrected chi connectivity index (χ4v) is 2.78. The molecule has 2 heterocycles. The van der Waals surface area contributed by atoms with Gasteiger partial charge in [-0.3, -0.25) is 4.79 Å². The van der Waals surface area contributed by atoms with Crippen LogP contribution in [0.15, 0.2) is 47.5 Å². The van der Waals surface area contributed by atoms with Crippen LogP contribution in [0.5, 0.6) is 5.75 Å². The van der Waals surface area contributed by atoms with E-state index in [1.165, 1.54) is 0 Å². The van der Waals surface area contributed by atoms with Crippen molar-refractivity contribution in [3.05, 3.63) is 53.1 Å². The van der Waals surface area contributed by atoms with E-state index in [0.29, 0.717) is 12.4 Å². The van der Waals surface area contributed by atoms with Gasteiger partial charge in [0, 0.05) is 44.9 Å². The van der Waals surface area contributed by atoms with Crippen LogP contribution in [0.4, 0.5) is 5.82 Å². The van der Waals surface area contributed by atoms with Crippen LogP contribution in [0.3, 0.4) is 0 Å². The lowest BCUT2D eigenvalue weighted by atomic mass is 10.1. The topological polar surface area (TPSA) is 47.4 Å². The first-order valence-electron chi connectivity index (χ1n) is 7.80. The van der Waals surface area contributed by atoms with Crippen LogP contribution in [-0.4, -0.2) is 28.7 Å². The van der Waals surface area contributed by atoms with Crippen molar-refractivity contribution in [2.24, 2.45) is 0 Å². The number of nitrogens with zero attached hydrogens (tertiary/aromatic N) is 3. The highest BCUT2D eigenvalue weighted by Gasteiger charge is 2.23. The zero-order valence-corrected chi connectivity index (χ0v) is 12.8. The van der Waals surface area contributed by atoms with Crippen molar-refractivity contribution in [1.29, 1.82) is 0 Å². The van der Waals surface area contributed by atoms with Gasteiger partial charge in [0.1, 0.15) is 11.9 Å². The SMILES string of the molecule is CCn1ccnc(N2CCC(Oc3ccccc3)CC2)c1=O. The van der Waals surface area contributed by atoms with Crippen molar-refractivity contribution < 1.29 is 4.74 Å². The highest BCUT2D eigenvalue weighted by Crippen LogP contribution is 2.20. The zero-order valence-electron chi connectivity index (χ0n) is 12.8. The molecule has 116 valence electrons. The maximum absolute atomic E-state index is 12.3. The Morgan fingerprint density at radius 3 is 2.64 bits per heavy atom. The Morgan fingerprint density at radius 2 is 1.95 bits per heavy atom. The summed E-state index contributed by atoms with van der Waals surface area (Å²) in [5.74, 6) is 1.47. The van der Waals surface area contributed by atoms with E-state index in [4.69, 9.17) is 4.74 Å². The van der Waals surface area contributed by atoms with E-state index in [1.807, 2.05) is 37.3 Å². The van der Waals surface area contributed by atoms with E-state index in [-0.39, 0.29) is 11.7 Å². The molecule has 5 nitrogen and oxygen atoms in total. The van der Waals surface area contributed by atoms with E-state index in [0.717, 1.165) is 31.7 Å². The fraction of sp³-hybridized carbons (Fsp3) is 0.412. The first-order chi connectivity index (χ1) is 10.8. The molecular formula is C17H21N3O2. The van der Waals surface area contributed by atoms with Gasteiger partial charge >= 0.3 is 0 Å². The minimum absolute atomic E-state index is 0.00701. The van der Waals surface area contributed by atoms with Crippen LogP contribution in [0.2, 0.25) is 0 Å². The predicted molar refractivity (Wildman–Crippen MR) is 86.5 cm³/mol. The van der Waals surface area contributed by atoms with Crippen LogP contribution >= 0.6 is 0 Å². The molecule has 0 radical (unpaired) electrons. The number of para-hydroxylation sites is 1. The number of aryl methyl sites for hydroxylation is 1. The molecule has 0 saturated carbocycles. The number of benzene rings is 1. The Balaban J connectivity index is 1.64. The van der Waals surface area contributed by atoms with Gasteiger partial charge in [-0.05, 0) is 19.1 Å². The number of ether oxygens (including phenoxy) is 1. The number of aromatic nitrogens is 2. The maximum atomic E-state index is 12.3. The Bertz CT molecular complexity index is 661. The smallest absolute Gasteiger partial charge is 0.293 e. The summed E-state index contributed by atoms with van der Waals surface area (Å²) in [6, 6.07) is 9.89. The van der Waals surface area contributed by atoms with Crippen LogP contribution in [0, 0.1) is 0 Å². The lowest BCUT2D eigenvalue weighted by Crippen LogP contribution is -2.42. The summed E-state index contributed by atoms with van der Waals surface area (Å²) in [5.41, 5.74) is -0.00701. The Morgan fingerprint density at radius 1 is 1.23 bits per heavy atom. The lowest BCUT2D eigenvalue weighted by molar-refractivity contribution is 0.170. The third-order valence-electron chi connectivity index (χ3n) is 4.02. The lowest BCUT2D eigenvalue weighted by Gasteiger charge is -2.32. The summed E-state index contributed by atoms with van der Waals surface area (Å²) in [5, 5.41) is 0. The molecule has 1 aromatic heterocycles. The molecular weight excluding hydrogens is 278 g/mol. The largest absolute Gasteiger partial charge is 0.490 e. The average Bonchev–Trinajstić information content (AvgIpc) is 2.57. The Hall–Kier alpha value is -2.30. The Labute approximate surface area is 130 Å². The van der Waals surface area contributed by atoms with E-state index >= 15 is 0 Å². The molecule has 1 aliphatic heterocycles. The van der Waals surface area contributed by atoms with Crippen LogP contribution in [0.1, 0.15) is 19.8 Å². The highest BCUT2D eigenvalue weighted by atomic mass is 16.5. The number of rotatable bonds is 4. The molecule has 0 spiro atoms. The van der Waals surface area contributed by atoms with Crippen LogP contribution in [0.25, 0.3) is 0 Å². The van der Waals surface area contributed by atoms with Gasteiger partial charge in [-0.2, -0.15) is 0 Å². The summed E-state index contributed by atoms with van der Waals surface area (Å²) >= 11 is 0. The normalized spacial score (nSPS) is 15.8. The summed E-state index contributed by atoms with van der Waals surface area (Å²) in [6.45, 7) is 4.23. The number of piperidine rings is 1. The van der Waals surface area contributed by atoms with E-state index in [9.17, 15) is 4.79 Å². The average molecular weight is 299 g/mol. The summed E-state index contributed by atoms with van der Waals surface area (Å²) in [7, 11) is 0. The first-order valence-corrected chi connectivity index (χ1v) is 7.80. The van der Waals surface area contributed by atoms with Gasteiger partial charge in [-0.25, -0.2) is 4.98 Å². The summed E-state index contributed by atoms with van der Waals surface area (Å²) in [6.07, 6.45) is 5.44. The molecule has 1 fully saturated rings. The van der Waals surface area contributed by atoms with Gasteiger partial charge in [0.25, 0.3) is 5.56 Å². The van der Waals surface area contributed by atoms with Crippen molar-refractivity contribution in [3.63, 3.8) is 0 Å². The molecule has 1 aliphatic rings. The Kier molecular flexibility index (Phi) is 4.42. The molecule has 1 aromatic carbocycles. The van der Waals surface area contributed by atoms with Gasteiger partial charge in [0.05, 0.1) is 0 Å². The first kappa shape index (κ1) is 14.6. The van der Waals surface area contributed by atoms with Crippen molar-refractivity contribution in [3.8, 4) is 5.75 Å². The standard InChI is InChI=1S/C17H21N3O2/c1-2-19-13-10-18-16(17(19)21)20-11-8-15(9-12-20)22-14-6-4-3-5-7-14/h3-7,10,13,15H,2,8-9,11-12H2,1H3. The number of hydrogen-bond donors (Lipinski definition) is 0. The summed E-state index contributed by atoms with van der Waals surface area (Å²) in [4.78, 5) is 18.6. The second kappa shape index (κ2) is 6.64. The molecule has 2 aromatic rings. The fourth-order valence-electron chi connectivity index (χ4n) is 2.78. The molecule has 1 saturated heterocycles. The van der Waals surface area contributed by atoms with Gasteiger partial charge in [0.15, 0.2) is 5.82 Å². The van der Waals surface area contributed by atoms with Crippen LogP contribution < -0.4 is 15.2 Å². The summed E-state index contributed by atoms with van der Waals surface area (Å²) < 4.78 is 7.67. The van der Waals surface area contributed by atoms with Gasteiger partial charge < -0.3 is 14.2 Å². The van der Waals surface area contributed by atoms with Crippen molar-refractivity contribution in [1.82, 2.24) is 9.55 Å². The second-order valence-electron chi connectivity index (χ2n) is 5.46. The molecule has 0 aliphatic carbocycles. The van der Waals surface area contributed by atoms with Crippen molar-refractivity contribution >= 4 is 5.82 Å². The van der Waals surface area contributed by atoms with Gasteiger partial charge in [0.2, 0.25) is 0 Å². The number of hydrogen-bond acceptors (Lipinski definition) is 4. The van der Waals surface area contributed by atoms with Crippen LogP contribution in [-0.2, 0) is 6.54 Å². The van der Waals surface area contributed by atoms with Gasteiger partial charge in [-0.1, -0.05) is 18.2 Å². The second-order valence-corrected chi connectivity index (χ2v) is 5.46. The van der Waals surface area contributed by atoms with Crippen molar-refractivity contribution in [2.45, 2.75) is 32.4 Å². The molecule has 22 heavy (non-hydrogen) atoms. The quantitative estimate of drug-likeness (QED) is 0.869. The van der Waals surface area contributed by atoms with E-state index < -0.39 is 0 Å². The molecule has 0 N–H and O–H groups in total. The van der Waals surface area contributed by atoms with E-state index in [2.05, 4.69) is 9.88 Å². The predicted octanol–water partition coefficient (Wildman–Crippen LogP) is 2.31. The minimum Gasteiger partial charge on any atom is -0.490 e. The third kappa shape index (κ3) is 3.13. The third-order valence-corrected chi connectivity index (χ3v) is 4.02. The minimum atomic E-state index is -0.00701. The monoisotopic (exact) mass is 299 g/mol. The molecule has 0 bridgehead atoms. The molecule has 0 amide bonds. The van der Waals surface area contributed by atoms with Gasteiger partial charge in [-0.15, -0.1) is 0 Å². The van der Waals surface area contributed by atoms with Crippen molar-refractivity contribution in [2.75, 3.05) is 18.0 Å². The molecule has 5 heteroatoms. The molecule has 3 rings (SSSR count). The van der Waals surface area contributed by atoms with E-state index in [1.54, 1.807) is 17.0 Å².